The summed E-state index contributed by atoms with van der Waals surface area (Å²) >= 11 is 6.29. The molecule has 5 rings (SSSR count). The molecule has 30 heavy (non-hydrogen) atoms. The van der Waals surface area contributed by atoms with Crippen LogP contribution in [-0.2, 0) is 13.1 Å². The number of nitrogens with zero attached hydrogens (tertiary/aromatic N) is 3. The summed E-state index contributed by atoms with van der Waals surface area (Å²) in [7, 11) is 0. The molecule has 0 saturated carbocycles. The van der Waals surface area contributed by atoms with Crippen LogP contribution in [-0.4, -0.2) is 14.1 Å². The highest BCUT2D eigenvalue weighted by atomic mass is 35.5. The summed E-state index contributed by atoms with van der Waals surface area (Å²) in [6.45, 7) is 0.775. The van der Waals surface area contributed by atoms with Crippen molar-refractivity contribution in [1.82, 2.24) is 14.1 Å². The van der Waals surface area contributed by atoms with Crippen molar-refractivity contribution < 1.29 is 4.39 Å². The van der Waals surface area contributed by atoms with Gasteiger partial charge in [0, 0.05) is 17.0 Å². The highest BCUT2D eigenvalue weighted by molar-refractivity contribution is 6.31. The van der Waals surface area contributed by atoms with Crippen molar-refractivity contribution in [3.63, 3.8) is 0 Å². The fraction of sp³-hybridized carbons (Fsp3) is 0.0833. The van der Waals surface area contributed by atoms with Crippen molar-refractivity contribution >= 4 is 33.5 Å². The number of fused-ring (bicyclic) bond motifs is 3. The molecule has 2 heterocycles. The van der Waals surface area contributed by atoms with Gasteiger partial charge in [0.05, 0.1) is 18.4 Å². The Morgan fingerprint density at radius 1 is 0.900 bits per heavy atom. The number of benzene rings is 3. The highest BCUT2D eigenvalue weighted by Crippen LogP contribution is 2.26. The van der Waals surface area contributed by atoms with E-state index in [0.29, 0.717) is 29.1 Å². The van der Waals surface area contributed by atoms with Gasteiger partial charge in [0.2, 0.25) is 0 Å². The molecule has 148 valence electrons. The van der Waals surface area contributed by atoms with E-state index in [1.165, 1.54) is 12.1 Å². The number of hydrogen-bond acceptors (Lipinski definition) is 2. The van der Waals surface area contributed by atoms with Gasteiger partial charge in [0.1, 0.15) is 16.9 Å². The number of aromatic nitrogens is 3. The number of para-hydroxylation sites is 1. The average Bonchev–Trinajstić information content (AvgIpc) is 3.07. The summed E-state index contributed by atoms with van der Waals surface area (Å²) in [5.41, 5.74) is 3.71. The van der Waals surface area contributed by atoms with Crippen molar-refractivity contribution in [1.29, 1.82) is 0 Å². The zero-order chi connectivity index (χ0) is 20.7. The van der Waals surface area contributed by atoms with Crippen LogP contribution in [0.25, 0.3) is 21.9 Å². The van der Waals surface area contributed by atoms with Crippen LogP contribution in [0.4, 0.5) is 4.39 Å². The van der Waals surface area contributed by atoms with Gasteiger partial charge >= 0.3 is 0 Å². The van der Waals surface area contributed by atoms with E-state index >= 15 is 0 Å². The molecule has 6 heteroatoms. The smallest absolute Gasteiger partial charge is 0.278 e. The maximum absolute atomic E-state index is 13.5. The molecule has 0 atom stereocenters. The SMILES string of the molecule is O=c1c2c(ncn1Cc1ccccc1Cl)c1ccccc1n2Cc1ccc(F)cc1. The Morgan fingerprint density at radius 3 is 2.43 bits per heavy atom. The van der Waals surface area contributed by atoms with Gasteiger partial charge < -0.3 is 4.57 Å². The Hall–Kier alpha value is -3.44. The van der Waals surface area contributed by atoms with Crippen LogP contribution in [0.2, 0.25) is 5.02 Å². The summed E-state index contributed by atoms with van der Waals surface area (Å²) in [4.78, 5) is 18.1. The number of hydrogen-bond donors (Lipinski definition) is 0. The molecule has 5 aromatic rings. The first-order chi connectivity index (χ1) is 14.6. The van der Waals surface area contributed by atoms with Gasteiger partial charge in [0.15, 0.2) is 0 Å². The molecule has 0 aliphatic heterocycles. The molecule has 0 saturated heterocycles. The molecule has 0 bridgehead atoms. The summed E-state index contributed by atoms with van der Waals surface area (Å²) in [6.07, 6.45) is 1.57. The van der Waals surface area contributed by atoms with Crippen LogP contribution < -0.4 is 5.56 Å². The minimum Gasteiger partial charge on any atom is -0.330 e. The quantitative estimate of drug-likeness (QED) is 0.401. The average molecular weight is 418 g/mol. The van der Waals surface area contributed by atoms with Gasteiger partial charge in [-0.2, -0.15) is 0 Å². The third-order valence-corrected chi connectivity index (χ3v) is 5.66. The van der Waals surface area contributed by atoms with Crippen LogP contribution in [0.1, 0.15) is 11.1 Å². The fourth-order valence-electron chi connectivity index (χ4n) is 3.81. The van der Waals surface area contributed by atoms with E-state index in [1.807, 2.05) is 47.0 Å². The second-order valence-electron chi connectivity index (χ2n) is 7.20. The van der Waals surface area contributed by atoms with Crippen LogP contribution in [0.3, 0.4) is 0 Å². The molecule has 0 fully saturated rings. The molecule has 0 unspecified atom stereocenters. The van der Waals surface area contributed by atoms with Gasteiger partial charge in [-0.3, -0.25) is 9.36 Å². The second kappa shape index (κ2) is 7.43. The first kappa shape index (κ1) is 18.6. The Labute approximate surface area is 176 Å². The zero-order valence-electron chi connectivity index (χ0n) is 15.9. The van der Waals surface area contributed by atoms with Crippen molar-refractivity contribution in [2.75, 3.05) is 0 Å². The minimum atomic E-state index is -0.287. The van der Waals surface area contributed by atoms with E-state index in [-0.39, 0.29) is 11.4 Å². The van der Waals surface area contributed by atoms with E-state index in [9.17, 15) is 9.18 Å². The van der Waals surface area contributed by atoms with Crippen molar-refractivity contribution in [3.8, 4) is 0 Å². The lowest BCUT2D eigenvalue weighted by atomic mass is 10.2. The molecule has 0 N–H and O–H groups in total. The predicted octanol–water partition coefficient (Wildman–Crippen LogP) is 5.24. The number of halogens is 2. The van der Waals surface area contributed by atoms with Gasteiger partial charge in [-0.05, 0) is 35.4 Å². The largest absolute Gasteiger partial charge is 0.330 e. The second-order valence-corrected chi connectivity index (χ2v) is 7.60. The highest BCUT2D eigenvalue weighted by Gasteiger charge is 2.17. The molecule has 0 spiro atoms. The molecule has 3 aromatic carbocycles. The monoisotopic (exact) mass is 417 g/mol. The summed E-state index contributed by atoms with van der Waals surface area (Å²) < 4.78 is 16.9. The first-order valence-electron chi connectivity index (χ1n) is 9.56. The summed E-state index contributed by atoms with van der Waals surface area (Å²) in [5.74, 6) is -0.287. The molecule has 0 aliphatic rings. The molecular formula is C24H17ClFN3O. The van der Waals surface area contributed by atoms with Crippen molar-refractivity contribution in [2.45, 2.75) is 13.1 Å². The lowest BCUT2D eigenvalue weighted by molar-refractivity contribution is 0.626. The van der Waals surface area contributed by atoms with Gasteiger partial charge in [-0.25, -0.2) is 9.37 Å². The maximum atomic E-state index is 13.5. The van der Waals surface area contributed by atoms with E-state index < -0.39 is 0 Å². The third kappa shape index (κ3) is 3.17. The summed E-state index contributed by atoms with van der Waals surface area (Å²) in [6, 6.07) is 21.6. The minimum absolute atomic E-state index is 0.141. The summed E-state index contributed by atoms with van der Waals surface area (Å²) in [5, 5.41) is 1.52. The van der Waals surface area contributed by atoms with Crippen LogP contribution in [0.5, 0.6) is 0 Å². The Kier molecular flexibility index (Phi) is 4.60. The maximum Gasteiger partial charge on any atom is 0.278 e. The van der Waals surface area contributed by atoms with Gasteiger partial charge in [-0.15, -0.1) is 0 Å². The third-order valence-electron chi connectivity index (χ3n) is 5.29. The Balaban J connectivity index is 1.71. The molecular weight excluding hydrogens is 401 g/mol. The Bertz CT molecular complexity index is 1440. The van der Waals surface area contributed by atoms with E-state index in [1.54, 1.807) is 29.1 Å². The molecule has 2 aromatic heterocycles. The molecule has 0 aliphatic carbocycles. The van der Waals surface area contributed by atoms with E-state index in [0.717, 1.165) is 22.0 Å². The van der Waals surface area contributed by atoms with Crippen LogP contribution in [0.15, 0.2) is 83.9 Å². The van der Waals surface area contributed by atoms with Gasteiger partial charge in [0.25, 0.3) is 5.56 Å². The van der Waals surface area contributed by atoms with E-state index in [4.69, 9.17) is 11.6 Å². The lowest BCUT2D eigenvalue weighted by Gasteiger charge is -2.10. The zero-order valence-corrected chi connectivity index (χ0v) is 16.7. The molecule has 0 amide bonds. The number of rotatable bonds is 4. The van der Waals surface area contributed by atoms with E-state index in [2.05, 4.69) is 4.98 Å². The van der Waals surface area contributed by atoms with Gasteiger partial charge in [-0.1, -0.05) is 60.1 Å². The Morgan fingerprint density at radius 2 is 1.63 bits per heavy atom. The first-order valence-corrected chi connectivity index (χ1v) is 9.94. The lowest BCUT2D eigenvalue weighted by Crippen LogP contribution is -2.23. The normalized spacial score (nSPS) is 11.4. The molecule has 4 nitrogen and oxygen atoms in total. The topological polar surface area (TPSA) is 39.8 Å². The van der Waals surface area contributed by atoms with Crippen molar-refractivity contribution in [2.24, 2.45) is 0 Å². The standard InChI is InChI=1S/C24H17ClFN3O/c25-20-7-3-1-5-17(20)14-28-15-27-22-19-6-2-4-8-21(19)29(23(22)24(28)30)13-16-9-11-18(26)12-10-16/h1-12,15H,13-14H2. The molecule has 0 radical (unpaired) electrons. The predicted molar refractivity (Wildman–Crippen MR) is 118 cm³/mol. The van der Waals surface area contributed by atoms with Crippen LogP contribution in [0, 0.1) is 5.82 Å². The fourth-order valence-corrected chi connectivity index (χ4v) is 4.00. The van der Waals surface area contributed by atoms with Crippen molar-refractivity contribution in [3.05, 3.63) is 111 Å². The van der Waals surface area contributed by atoms with Crippen LogP contribution >= 0.6 is 11.6 Å².